The van der Waals surface area contributed by atoms with Crippen molar-refractivity contribution in [2.24, 2.45) is 5.41 Å². The van der Waals surface area contributed by atoms with Gasteiger partial charge in [-0.15, -0.1) is 0 Å². The van der Waals surface area contributed by atoms with Gasteiger partial charge in [0.05, 0.1) is 4.92 Å². The predicted octanol–water partition coefficient (Wildman–Crippen LogP) is 2.17. The maximum atomic E-state index is 11.0. The summed E-state index contributed by atoms with van der Waals surface area (Å²) in [6.07, 6.45) is 0.984. The highest BCUT2D eigenvalue weighted by Crippen LogP contribution is 2.24. The molecule has 1 aromatic rings. The van der Waals surface area contributed by atoms with Crippen molar-refractivity contribution in [1.82, 2.24) is 4.98 Å². The summed E-state index contributed by atoms with van der Waals surface area (Å²) in [6, 6.07) is 1.23. The lowest BCUT2D eigenvalue weighted by atomic mass is 9.96. The molecule has 0 saturated carbocycles. The number of carboxylic acid groups (broad SMARTS) is 1. The van der Waals surface area contributed by atoms with E-state index in [1.165, 1.54) is 6.07 Å². The molecule has 1 heterocycles. The molecule has 0 spiro atoms. The smallest absolute Gasteiger partial charge is 0.342 e. The molecule has 0 fully saturated rings. The van der Waals surface area contributed by atoms with Crippen LogP contribution in [0, 0.1) is 15.5 Å². The van der Waals surface area contributed by atoms with Gasteiger partial charge < -0.3 is 10.0 Å². The zero-order valence-electron chi connectivity index (χ0n) is 11.4. The van der Waals surface area contributed by atoms with Crippen LogP contribution in [0.2, 0.25) is 0 Å². The van der Waals surface area contributed by atoms with E-state index in [-0.39, 0.29) is 11.0 Å². The van der Waals surface area contributed by atoms with Gasteiger partial charge in [0, 0.05) is 19.7 Å². The molecule has 0 aliphatic rings. The molecule has 7 heteroatoms. The van der Waals surface area contributed by atoms with Crippen molar-refractivity contribution < 1.29 is 14.8 Å². The average molecular weight is 267 g/mol. The fourth-order valence-corrected chi connectivity index (χ4v) is 1.76. The molecule has 0 unspecified atom stereocenters. The van der Waals surface area contributed by atoms with Crippen LogP contribution in [0.1, 0.15) is 31.1 Å². The molecular formula is C12H17N3O4. The van der Waals surface area contributed by atoms with E-state index >= 15 is 0 Å². The monoisotopic (exact) mass is 267 g/mol. The Bertz CT molecular complexity index is 508. The Balaban J connectivity index is 3.15. The lowest BCUT2D eigenvalue weighted by Crippen LogP contribution is -2.29. The van der Waals surface area contributed by atoms with E-state index in [2.05, 4.69) is 4.98 Å². The van der Waals surface area contributed by atoms with Gasteiger partial charge in [0.1, 0.15) is 17.6 Å². The highest BCUT2D eigenvalue weighted by atomic mass is 16.6. The van der Waals surface area contributed by atoms with Crippen LogP contribution in [0.25, 0.3) is 0 Å². The number of rotatable bonds is 4. The third-order valence-electron chi connectivity index (χ3n) is 2.40. The van der Waals surface area contributed by atoms with Gasteiger partial charge in [0.2, 0.25) is 0 Å². The normalized spacial score (nSPS) is 11.2. The summed E-state index contributed by atoms with van der Waals surface area (Å²) in [5.74, 6) is -0.933. The van der Waals surface area contributed by atoms with E-state index in [4.69, 9.17) is 5.11 Å². The van der Waals surface area contributed by atoms with Gasteiger partial charge in [-0.2, -0.15) is 0 Å². The molecule has 0 atom stereocenters. The van der Waals surface area contributed by atoms with Crippen LogP contribution in [0.15, 0.2) is 12.3 Å². The second-order valence-electron chi connectivity index (χ2n) is 5.54. The summed E-state index contributed by atoms with van der Waals surface area (Å²) < 4.78 is 0. The first-order valence-electron chi connectivity index (χ1n) is 5.70. The maximum Gasteiger partial charge on any atom is 0.342 e. The van der Waals surface area contributed by atoms with Crippen LogP contribution in [0.5, 0.6) is 0 Å². The largest absolute Gasteiger partial charge is 0.477 e. The third kappa shape index (κ3) is 3.90. The van der Waals surface area contributed by atoms with Gasteiger partial charge in [-0.1, -0.05) is 20.8 Å². The second-order valence-corrected chi connectivity index (χ2v) is 5.54. The molecule has 0 saturated heterocycles. The van der Waals surface area contributed by atoms with Gasteiger partial charge in [-0.25, -0.2) is 9.78 Å². The van der Waals surface area contributed by atoms with Crippen molar-refractivity contribution in [3.05, 3.63) is 27.9 Å². The fourth-order valence-electron chi connectivity index (χ4n) is 1.76. The standard InChI is InChI=1S/C12H17N3O4/c1-12(2,3)7-14(4)10-5-8(11(16)17)9(6-13-10)15(18)19/h5-6H,7H2,1-4H3,(H,16,17). The molecule has 0 aliphatic heterocycles. The molecule has 1 aromatic heterocycles. The first-order chi connectivity index (χ1) is 8.61. The maximum absolute atomic E-state index is 11.0. The lowest BCUT2D eigenvalue weighted by Gasteiger charge is -2.27. The zero-order valence-corrected chi connectivity index (χ0v) is 11.4. The van der Waals surface area contributed by atoms with Crippen molar-refractivity contribution in [2.75, 3.05) is 18.5 Å². The minimum atomic E-state index is -1.33. The Hall–Kier alpha value is -2.18. The number of anilines is 1. The fraction of sp³-hybridized carbons (Fsp3) is 0.500. The quantitative estimate of drug-likeness (QED) is 0.663. The number of hydrogen-bond acceptors (Lipinski definition) is 5. The third-order valence-corrected chi connectivity index (χ3v) is 2.40. The van der Waals surface area contributed by atoms with Gasteiger partial charge in [0.15, 0.2) is 0 Å². The Labute approximate surface area is 111 Å². The van der Waals surface area contributed by atoms with Crippen LogP contribution in [0.3, 0.4) is 0 Å². The van der Waals surface area contributed by atoms with Crippen LogP contribution in [-0.2, 0) is 0 Å². The van der Waals surface area contributed by atoms with Crippen LogP contribution >= 0.6 is 0 Å². The van der Waals surface area contributed by atoms with E-state index < -0.39 is 16.6 Å². The van der Waals surface area contributed by atoms with Crippen molar-refractivity contribution in [2.45, 2.75) is 20.8 Å². The number of nitrogens with zero attached hydrogens (tertiary/aromatic N) is 3. The summed E-state index contributed by atoms with van der Waals surface area (Å²) >= 11 is 0. The average Bonchev–Trinajstić information content (AvgIpc) is 2.25. The molecule has 1 N–H and O–H groups in total. The number of hydrogen-bond donors (Lipinski definition) is 1. The topological polar surface area (TPSA) is 96.6 Å². The number of carbonyl (C=O) groups is 1. The Kier molecular flexibility index (Phi) is 4.08. The molecule has 0 aromatic carbocycles. The van der Waals surface area contributed by atoms with Crippen LogP contribution in [0.4, 0.5) is 11.5 Å². The predicted molar refractivity (Wildman–Crippen MR) is 70.6 cm³/mol. The van der Waals surface area contributed by atoms with Gasteiger partial charge in [-0.05, 0) is 5.41 Å². The minimum Gasteiger partial charge on any atom is -0.477 e. The Morgan fingerprint density at radius 3 is 2.53 bits per heavy atom. The molecule has 19 heavy (non-hydrogen) atoms. The molecule has 104 valence electrons. The van der Waals surface area contributed by atoms with Gasteiger partial charge >= 0.3 is 11.7 Å². The van der Waals surface area contributed by atoms with E-state index in [9.17, 15) is 14.9 Å². The van der Waals surface area contributed by atoms with Crippen molar-refractivity contribution >= 4 is 17.5 Å². The Morgan fingerprint density at radius 1 is 1.53 bits per heavy atom. The second kappa shape index (κ2) is 5.21. The highest BCUT2D eigenvalue weighted by molar-refractivity contribution is 5.93. The van der Waals surface area contributed by atoms with Gasteiger partial charge in [-0.3, -0.25) is 10.1 Å². The molecule has 0 aliphatic carbocycles. The first-order valence-corrected chi connectivity index (χ1v) is 5.70. The zero-order chi connectivity index (χ0) is 14.8. The molecular weight excluding hydrogens is 250 g/mol. The van der Waals surface area contributed by atoms with E-state index in [1.54, 1.807) is 11.9 Å². The van der Waals surface area contributed by atoms with Crippen molar-refractivity contribution in [3.63, 3.8) is 0 Å². The number of aromatic carboxylic acids is 1. The summed E-state index contributed by atoms with van der Waals surface area (Å²) in [6.45, 7) is 6.75. The molecule has 0 radical (unpaired) electrons. The highest BCUT2D eigenvalue weighted by Gasteiger charge is 2.23. The van der Waals surface area contributed by atoms with E-state index in [0.717, 1.165) is 6.20 Å². The van der Waals surface area contributed by atoms with Gasteiger partial charge in [0.25, 0.3) is 0 Å². The Morgan fingerprint density at radius 2 is 2.11 bits per heavy atom. The molecule has 0 amide bonds. The van der Waals surface area contributed by atoms with E-state index in [0.29, 0.717) is 12.4 Å². The SMILES string of the molecule is CN(CC(C)(C)C)c1cc(C(=O)O)c([N+](=O)[O-])cn1. The van der Waals surface area contributed by atoms with Crippen LogP contribution < -0.4 is 4.90 Å². The van der Waals surface area contributed by atoms with Crippen LogP contribution in [-0.4, -0.2) is 34.6 Å². The molecule has 7 nitrogen and oxygen atoms in total. The minimum absolute atomic E-state index is 0.00158. The summed E-state index contributed by atoms with van der Waals surface area (Å²) in [5.41, 5.74) is -0.849. The number of carboxylic acids is 1. The number of aromatic nitrogens is 1. The summed E-state index contributed by atoms with van der Waals surface area (Å²) in [5, 5.41) is 19.7. The summed E-state index contributed by atoms with van der Waals surface area (Å²) in [7, 11) is 1.77. The first kappa shape index (κ1) is 14.9. The number of pyridine rings is 1. The molecule has 1 rings (SSSR count). The molecule has 0 bridgehead atoms. The lowest BCUT2D eigenvalue weighted by molar-refractivity contribution is -0.385. The number of nitro groups is 1. The summed E-state index contributed by atoms with van der Waals surface area (Å²) in [4.78, 5) is 26.7. The van der Waals surface area contributed by atoms with Crippen molar-refractivity contribution in [3.8, 4) is 0 Å². The van der Waals surface area contributed by atoms with Crippen molar-refractivity contribution in [1.29, 1.82) is 0 Å². The van der Waals surface area contributed by atoms with E-state index in [1.807, 2.05) is 20.8 Å².